The molecule has 1 aliphatic heterocycles. The van der Waals surface area contributed by atoms with Crippen molar-refractivity contribution in [1.29, 1.82) is 0 Å². The van der Waals surface area contributed by atoms with Crippen LogP contribution in [0.25, 0.3) is 11.1 Å². The Bertz CT molecular complexity index is 630. The summed E-state index contributed by atoms with van der Waals surface area (Å²) in [5.74, 6) is 0.720. The molecule has 0 saturated carbocycles. The van der Waals surface area contributed by atoms with E-state index in [1.165, 1.54) is 0 Å². The third-order valence-electron chi connectivity index (χ3n) is 3.16. The van der Waals surface area contributed by atoms with Crippen LogP contribution in [0.2, 0.25) is 0 Å². The molecule has 0 bridgehead atoms. The summed E-state index contributed by atoms with van der Waals surface area (Å²) in [5, 5.41) is 3.07. The fourth-order valence-electron chi connectivity index (χ4n) is 2.21. The van der Waals surface area contributed by atoms with E-state index < -0.39 is 9.84 Å². The van der Waals surface area contributed by atoms with Crippen LogP contribution in [0, 0.1) is 5.92 Å². The van der Waals surface area contributed by atoms with Gasteiger partial charge in [-0.1, -0.05) is 12.1 Å². The quantitative estimate of drug-likeness (QED) is 0.915. The van der Waals surface area contributed by atoms with Crippen molar-refractivity contribution in [1.82, 2.24) is 4.98 Å². The molecule has 1 N–H and O–H groups in total. The van der Waals surface area contributed by atoms with Gasteiger partial charge in [0.05, 0.1) is 11.5 Å². The Labute approximate surface area is 105 Å². The lowest BCUT2D eigenvalue weighted by atomic mass is 10.1. The second-order valence-electron chi connectivity index (χ2n) is 4.64. The maximum Gasteiger partial charge on any atom is 0.295 e. The van der Waals surface area contributed by atoms with E-state index in [0.717, 1.165) is 17.5 Å². The normalized spacial score (nSPS) is 22.3. The van der Waals surface area contributed by atoms with Gasteiger partial charge in [-0.3, -0.25) is 0 Å². The summed E-state index contributed by atoms with van der Waals surface area (Å²) in [4.78, 5) is 4.28. The highest BCUT2D eigenvalue weighted by atomic mass is 32.2. The first-order valence-electron chi connectivity index (χ1n) is 5.92. The lowest BCUT2D eigenvalue weighted by molar-refractivity contribution is 0.576. The van der Waals surface area contributed by atoms with Crippen LogP contribution in [0.15, 0.2) is 28.7 Å². The number of benzene rings is 1. The second kappa shape index (κ2) is 4.28. The van der Waals surface area contributed by atoms with Crippen molar-refractivity contribution in [3.8, 4) is 0 Å². The SMILES string of the molecule is O=S1(=O)CCC(CNc2nc3ccccc3o2)C1. The predicted octanol–water partition coefficient (Wildman–Crippen LogP) is 1.67. The van der Waals surface area contributed by atoms with Crippen molar-refractivity contribution in [2.24, 2.45) is 5.92 Å². The predicted molar refractivity (Wildman–Crippen MR) is 69.3 cm³/mol. The third kappa shape index (κ3) is 2.33. The standard InChI is InChI=1S/C12H14N2O3S/c15-18(16)6-5-9(8-18)7-13-12-14-10-3-1-2-4-11(10)17-12/h1-4,9H,5-8H2,(H,13,14). The Morgan fingerprint density at radius 2 is 2.22 bits per heavy atom. The Morgan fingerprint density at radius 3 is 2.94 bits per heavy atom. The van der Waals surface area contributed by atoms with Crippen molar-refractivity contribution < 1.29 is 12.8 Å². The number of hydrogen-bond acceptors (Lipinski definition) is 5. The highest BCUT2D eigenvalue weighted by molar-refractivity contribution is 7.91. The summed E-state index contributed by atoms with van der Waals surface area (Å²) >= 11 is 0. The van der Waals surface area contributed by atoms with Gasteiger partial charge >= 0.3 is 0 Å². The van der Waals surface area contributed by atoms with Crippen LogP contribution in [0.4, 0.5) is 6.01 Å². The van der Waals surface area contributed by atoms with Crippen molar-refractivity contribution in [2.75, 3.05) is 23.4 Å². The third-order valence-corrected chi connectivity index (χ3v) is 5.00. The maximum absolute atomic E-state index is 11.3. The molecule has 0 radical (unpaired) electrons. The van der Waals surface area contributed by atoms with E-state index in [-0.39, 0.29) is 11.7 Å². The van der Waals surface area contributed by atoms with E-state index in [1.807, 2.05) is 24.3 Å². The van der Waals surface area contributed by atoms with Gasteiger partial charge in [0.25, 0.3) is 6.01 Å². The first-order chi connectivity index (χ1) is 8.62. The molecule has 96 valence electrons. The molecule has 1 aromatic carbocycles. The number of para-hydroxylation sites is 2. The van der Waals surface area contributed by atoms with Gasteiger partial charge in [0.1, 0.15) is 5.52 Å². The fourth-order valence-corrected chi connectivity index (χ4v) is 4.07. The number of oxazole rings is 1. The zero-order valence-electron chi connectivity index (χ0n) is 9.80. The van der Waals surface area contributed by atoms with E-state index in [0.29, 0.717) is 18.3 Å². The number of nitrogens with one attached hydrogen (secondary N) is 1. The molecular weight excluding hydrogens is 252 g/mol. The Balaban J connectivity index is 1.67. The van der Waals surface area contributed by atoms with Crippen LogP contribution >= 0.6 is 0 Å². The lowest BCUT2D eigenvalue weighted by Crippen LogP contribution is -2.15. The van der Waals surface area contributed by atoms with Gasteiger partial charge in [0, 0.05) is 6.54 Å². The van der Waals surface area contributed by atoms with Gasteiger partial charge in [-0.05, 0) is 24.5 Å². The van der Waals surface area contributed by atoms with Gasteiger partial charge in [-0.25, -0.2) is 8.42 Å². The monoisotopic (exact) mass is 266 g/mol. The number of rotatable bonds is 3. The highest BCUT2D eigenvalue weighted by Gasteiger charge is 2.27. The first-order valence-corrected chi connectivity index (χ1v) is 7.74. The van der Waals surface area contributed by atoms with E-state index >= 15 is 0 Å². The van der Waals surface area contributed by atoms with Crippen LogP contribution in [0.5, 0.6) is 0 Å². The number of nitrogens with zero attached hydrogens (tertiary/aromatic N) is 1. The van der Waals surface area contributed by atoms with E-state index in [4.69, 9.17) is 4.42 Å². The maximum atomic E-state index is 11.3. The average molecular weight is 266 g/mol. The zero-order valence-corrected chi connectivity index (χ0v) is 10.6. The highest BCUT2D eigenvalue weighted by Crippen LogP contribution is 2.21. The number of aromatic nitrogens is 1. The van der Waals surface area contributed by atoms with Crippen molar-refractivity contribution in [2.45, 2.75) is 6.42 Å². The molecule has 0 amide bonds. The minimum absolute atomic E-state index is 0.157. The molecule has 2 heterocycles. The minimum Gasteiger partial charge on any atom is -0.424 e. The Morgan fingerprint density at radius 1 is 1.39 bits per heavy atom. The van der Waals surface area contributed by atoms with Gasteiger partial charge in [0.15, 0.2) is 15.4 Å². The van der Waals surface area contributed by atoms with Crippen LogP contribution in [0.1, 0.15) is 6.42 Å². The molecule has 1 atom stereocenters. The van der Waals surface area contributed by atoms with E-state index in [2.05, 4.69) is 10.3 Å². The largest absolute Gasteiger partial charge is 0.424 e. The smallest absolute Gasteiger partial charge is 0.295 e. The molecule has 6 heteroatoms. The molecule has 1 unspecified atom stereocenters. The van der Waals surface area contributed by atoms with Gasteiger partial charge < -0.3 is 9.73 Å². The molecule has 0 aliphatic carbocycles. The number of fused-ring (bicyclic) bond motifs is 1. The van der Waals surface area contributed by atoms with Crippen LogP contribution in [0.3, 0.4) is 0 Å². The number of sulfone groups is 1. The zero-order chi connectivity index (χ0) is 12.6. The number of anilines is 1. The molecule has 1 aliphatic rings. The molecule has 0 spiro atoms. The second-order valence-corrected chi connectivity index (χ2v) is 6.87. The van der Waals surface area contributed by atoms with Crippen LogP contribution in [-0.2, 0) is 9.84 Å². The summed E-state index contributed by atoms with van der Waals surface area (Å²) in [5.41, 5.74) is 1.54. The van der Waals surface area contributed by atoms with Gasteiger partial charge in [0.2, 0.25) is 0 Å². The summed E-state index contributed by atoms with van der Waals surface area (Å²) in [6.45, 7) is 0.589. The first kappa shape index (κ1) is 11.5. The Hall–Kier alpha value is -1.56. The minimum atomic E-state index is -2.82. The van der Waals surface area contributed by atoms with Gasteiger partial charge in [-0.2, -0.15) is 4.98 Å². The molecule has 18 heavy (non-hydrogen) atoms. The van der Waals surface area contributed by atoms with E-state index in [9.17, 15) is 8.42 Å². The van der Waals surface area contributed by atoms with Crippen LogP contribution in [-0.4, -0.2) is 31.5 Å². The molecule has 1 saturated heterocycles. The van der Waals surface area contributed by atoms with Crippen LogP contribution < -0.4 is 5.32 Å². The van der Waals surface area contributed by atoms with Crippen molar-refractivity contribution >= 4 is 27.0 Å². The molecule has 2 aromatic rings. The van der Waals surface area contributed by atoms with Crippen molar-refractivity contribution in [3.63, 3.8) is 0 Å². The van der Waals surface area contributed by atoms with E-state index in [1.54, 1.807) is 0 Å². The molecular formula is C12H14N2O3S. The lowest BCUT2D eigenvalue weighted by Gasteiger charge is -2.06. The van der Waals surface area contributed by atoms with Crippen molar-refractivity contribution in [3.05, 3.63) is 24.3 Å². The summed E-state index contributed by atoms with van der Waals surface area (Å²) in [6.07, 6.45) is 0.718. The summed E-state index contributed by atoms with van der Waals surface area (Å²) in [6, 6.07) is 7.98. The average Bonchev–Trinajstić information content (AvgIpc) is 2.89. The molecule has 1 fully saturated rings. The van der Waals surface area contributed by atoms with Gasteiger partial charge in [-0.15, -0.1) is 0 Å². The molecule has 1 aromatic heterocycles. The Kier molecular flexibility index (Phi) is 2.74. The topological polar surface area (TPSA) is 72.2 Å². The summed E-state index contributed by atoms with van der Waals surface area (Å²) in [7, 11) is -2.82. The summed E-state index contributed by atoms with van der Waals surface area (Å²) < 4.78 is 28.2. The fraction of sp³-hybridized carbons (Fsp3) is 0.417. The molecule has 3 rings (SSSR count). The number of hydrogen-bond donors (Lipinski definition) is 1. The molecule has 5 nitrogen and oxygen atoms in total.